The summed E-state index contributed by atoms with van der Waals surface area (Å²) in [7, 11) is -3.54. The maximum absolute atomic E-state index is 12.4. The van der Waals surface area contributed by atoms with Crippen molar-refractivity contribution in [3.8, 4) is 5.69 Å². The van der Waals surface area contributed by atoms with Crippen LogP contribution in [0.5, 0.6) is 0 Å². The number of rotatable bonds is 4. The van der Waals surface area contributed by atoms with Crippen LogP contribution in [-0.4, -0.2) is 23.7 Å². The lowest BCUT2D eigenvalue weighted by molar-refractivity contribution is 0.557. The van der Waals surface area contributed by atoms with Gasteiger partial charge in [-0.15, -0.1) is 0 Å². The molecule has 1 fully saturated rings. The molecule has 0 amide bonds. The minimum atomic E-state index is -3.54. The predicted molar refractivity (Wildman–Crippen MR) is 81.3 cm³/mol. The van der Waals surface area contributed by atoms with E-state index in [0.717, 1.165) is 18.5 Å². The van der Waals surface area contributed by atoms with Gasteiger partial charge in [-0.05, 0) is 51.0 Å². The van der Waals surface area contributed by atoms with Crippen LogP contribution >= 0.6 is 11.6 Å². The highest BCUT2D eigenvalue weighted by Crippen LogP contribution is 2.36. The third-order valence-electron chi connectivity index (χ3n) is 3.71. The van der Waals surface area contributed by atoms with E-state index in [9.17, 15) is 8.42 Å². The molecule has 0 aliphatic heterocycles. The molecular formula is C14H16ClN3O2S. The highest BCUT2D eigenvalue weighted by molar-refractivity contribution is 7.89. The van der Waals surface area contributed by atoms with Gasteiger partial charge >= 0.3 is 0 Å². The molecule has 7 heteroatoms. The van der Waals surface area contributed by atoms with Gasteiger partial charge in [0.05, 0.1) is 17.6 Å². The van der Waals surface area contributed by atoms with Crippen molar-refractivity contribution in [1.29, 1.82) is 0 Å². The minimum absolute atomic E-state index is 0.213. The molecule has 1 saturated carbocycles. The summed E-state index contributed by atoms with van der Waals surface area (Å²) in [6, 6.07) is 7.09. The van der Waals surface area contributed by atoms with Crippen molar-refractivity contribution >= 4 is 21.6 Å². The predicted octanol–water partition coefficient (Wildman–Crippen LogP) is 2.66. The van der Waals surface area contributed by atoms with Crippen LogP contribution in [-0.2, 0) is 10.0 Å². The van der Waals surface area contributed by atoms with E-state index in [4.69, 9.17) is 11.6 Å². The molecule has 2 aromatic rings. The molecule has 1 aliphatic rings. The first-order chi connectivity index (χ1) is 9.81. The van der Waals surface area contributed by atoms with E-state index in [1.165, 1.54) is 6.20 Å². The first-order valence-corrected chi connectivity index (χ1v) is 8.51. The molecule has 1 aromatic heterocycles. The molecule has 1 heterocycles. The Labute approximate surface area is 129 Å². The van der Waals surface area contributed by atoms with E-state index in [1.54, 1.807) is 35.9 Å². The van der Waals surface area contributed by atoms with Crippen LogP contribution in [0.15, 0.2) is 35.4 Å². The second-order valence-corrected chi connectivity index (χ2v) is 7.74. The van der Waals surface area contributed by atoms with Crippen molar-refractivity contribution in [2.24, 2.45) is 0 Å². The van der Waals surface area contributed by atoms with Crippen molar-refractivity contribution in [3.05, 3.63) is 41.2 Å². The fourth-order valence-corrected chi connectivity index (χ4v) is 3.92. The molecule has 1 N–H and O–H groups in total. The van der Waals surface area contributed by atoms with Gasteiger partial charge in [-0.2, -0.15) is 5.10 Å². The standard InChI is InChI=1S/C14H16ClN3O2S/c1-10-13(21(19,20)17-14(2)7-8-14)9-16-18(10)12-5-3-11(15)4-6-12/h3-6,9,17H,7-8H2,1-2H3. The van der Waals surface area contributed by atoms with Crippen LogP contribution in [0.1, 0.15) is 25.5 Å². The Hall–Kier alpha value is -1.37. The van der Waals surface area contributed by atoms with Crippen molar-refractivity contribution < 1.29 is 8.42 Å². The number of hydrogen-bond acceptors (Lipinski definition) is 3. The summed E-state index contributed by atoms with van der Waals surface area (Å²) >= 11 is 5.86. The third kappa shape index (κ3) is 2.84. The maximum Gasteiger partial charge on any atom is 0.244 e. The number of benzene rings is 1. The van der Waals surface area contributed by atoms with Gasteiger partial charge in [-0.3, -0.25) is 0 Å². The number of nitrogens with zero attached hydrogens (tertiary/aromatic N) is 2. The molecule has 1 aliphatic carbocycles. The zero-order chi connectivity index (χ0) is 15.3. The number of hydrogen-bond donors (Lipinski definition) is 1. The van der Waals surface area contributed by atoms with Crippen LogP contribution in [0.25, 0.3) is 5.69 Å². The lowest BCUT2D eigenvalue weighted by atomic mass is 10.3. The maximum atomic E-state index is 12.4. The third-order valence-corrected chi connectivity index (χ3v) is 5.70. The molecular weight excluding hydrogens is 310 g/mol. The van der Waals surface area contributed by atoms with E-state index in [2.05, 4.69) is 9.82 Å². The van der Waals surface area contributed by atoms with Crippen molar-refractivity contribution in [2.75, 3.05) is 0 Å². The normalized spacial score (nSPS) is 16.9. The molecule has 0 spiro atoms. The Morgan fingerprint density at radius 1 is 1.29 bits per heavy atom. The fourth-order valence-electron chi connectivity index (χ4n) is 2.17. The molecule has 112 valence electrons. The Kier molecular flexibility index (Phi) is 3.35. The smallest absolute Gasteiger partial charge is 0.237 e. The summed E-state index contributed by atoms with van der Waals surface area (Å²) in [6.45, 7) is 3.65. The summed E-state index contributed by atoms with van der Waals surface area (Å²) in [4.78, 5) is 0.213. The molecule has 0 unspecified atom stereocenters. The lowest BCUT2D eigenvalue weighted by Gasteiger charge is -2.12. The molecule has 5 nitrogen and oxygen atoms in total. The number of sulfonamides is 1. The molecule has 0 atom stereocenters. The molecule has 21 heavy (non-hydrogen) atoms. The fraction of sp³-hybridized carbons (Fsp3) is 0.357. The lowest BCUT2D eigenvalue weighted by Crippen LogP contribution is -2.34. The van der Waals surface area contributed by atoms with Crippen LogP contribution in [0.2, 0.25) is 5.02 Å². The summed E-state index contributed by atoms with van der Waals surface area (Å²) in [5, 5.41) is 4.81. The van der Waals surface area contributed by atoms with Gasteiger partial charge in [-0.25, -0.2) is 17.8 Å². The van der Waals surface area contributed by atoms with Crippen molar-refractivity contribution in [1.82, 2.24) is 14.5 Å². The SMILES string of the molecule is Cc1c(S(=O)(=O)NC2(C)CC2)cnn1-c1ccc(Cl)cc1. The van der Waals surface area contributed by atoms with E-state index in [1.807, 2.05) is 6.92 Å². The topological polar surface area (TPSA) is 64.0 Å². The first kappa shape index (κ1) is 14.6. The second kappa shape index (κ2) is 4.83. The average molecular weight is 326 g/mol. The van der Waals surface area contributed by atoms with Crippen molar-refractivity contribution in [2.45, 2.75) is 37.1 Å². The van der Waals surface area contributed by atoms with E-state index < -0.39 is 10.0 Å². The average Bonchev–Trinajstić information content (AvgIpc) is 2.97. The van der Waals surface area contributed by atoms with Gasteiger partial charge in [0.2, 0.25) is 10.0 Å². The van der Waals surface area contributed by atoms with E-state index in [-0.39, 0.29) is 10.4 Å². The van der Waals surface area contributed by atoms with Gasteiger partial charge in [0, 0.05) is 10.6 Å². The second-order valence-electron chi connectivity index (χ2n) is 5.65. The highest BCUT2D eigenvalue weighted by atomic mass is 35.5. The van der Waals surface area contributed by atoms with Gasteiger partial charge < -0.3 is 0 Å². The van der Waals surface area contributed by atoms with Crippen LogP contribution in [0.4, 0.5) is 0 Å². The zero-order valence-corrected chi connectivity index (χ0v) is 13.4. The van der Waals surface area contributed by atoms with Gasteiger partial charge in [0.25, 0.3) is 0 Å². The van der Waals surface area contributed by atoms with Crippen LogP contribution in [0, 0.1) is 6.92 Å². The largest absolute Gasteiger partial charge is 0.244 e. The molecule has 0 radical (unpaired) electrons. The number of nitrogens with one attached hydrogen (secondary N) is 1. The van der Waals surface area contributed by atoms with Gasteiger partial charge in [0.1, 0.15) is 4.90 Å². The first-order valence-electron chi connectivity index (χ1n) is 6.65. The van der Waals surface area contributed by atoms with E-state index >= 15 is 0 Å². The quantitative estimate of drug-likeness (QED) is 0.940. The summed E-state index contributed by atoms with van der Waals surface area (Å²) in [6.07, 6.45) is 3.13. The van der Waals surface area contributed by atoms with E-state index in [0.29, 0.717) is 10.7 Å². The Balaban J connectivity index is 1.97. The molecule has 0 saturated heterocycles. The highest BCUT2D eigenvalue weighted by Gasteiger charge is 2.42. The van der Waals surface area contributed by atoms with Crippen molar-refractivity contribution in [3.63, 3.8) is 0 Å². The summed E-state index contributed by atoms with van der Waals surface area (Å²) in [5.41, 5.74) is 1.05. The molecule has 3 rings (SSSR count). The van der Waals surface area contributed by atoms with Crippen LogP contribution in [0.3, 0.4) is 0 Å². The minimum Gasteiger partial charge on any atom is -0.237 e. The zero-order valence-electron chi connectivity index (χ0n) is 11.8. The summed E-state index contributed by atoms with van der Waals surface area (Å²) in [5.74, 6) is 0. The van der Waals surface area contributed by atoms with Gasteiger partial charge in [-0.1, -0.05) is 11.6 Å². The molecule has 1 aromatic carbocycles. The monoisotopic (exact) mass is 325 g/mol. The Morgan fingerprint density at radius 2 is 1.90 bits per heavy atom. The van der Waals surface area contributed by atoms with Gasteiger partial charge in [0.15, 0.2) is 0 Å². The van der Waals surface area contributed by atoms with Crippen LogP contribution < -0.4 is 4.72 Å². The summed E-state index contributed by atoms with van der Waals surface area (Å²) < 4.78 is 29.2. The number of halogens is 1. The Bertz CT molecular complexity index is 777. The Morgan fingerprint density at radius 3 is 2.48 bits per heavy atom. The molecule has 0 bridgehead atoms. The number of aromatic nitrogens is 2.